The molecule has 1 nitrogen and oxygen atoms in total. The van der Waals surface area contributed by atoms with E-state index in [1.165, 1.54) is 25.0 Å². The molecule has 0 saturated heterocycles. The van der Waals surface area contributed by atoms with Crippen molar-refractivity contribution in [2.24, 2.45) is 0 Å². The van der Waals surface area contributed by atoms with Crippen LogP contribution in [0.1, 0.15) is 54.8 Å². The maximum absolute atomic E-state index is 9.36. The molecule has 15 heavy (non-hydrogen) atoms. The predicted octanol–water partition coefficient (Wildman–Crippen LogP) is 4.25. The van der Waals surface area contributed by atoms with E-state index in [2.05, 4.69) is 20.8 Å². The second-order valence-electron chi connectivity index (χ2n) is 4.72. The molecule has 84 valence electrons. The minimum Gasteiger partial charge on any atom is -0.508 e. The third kappa shape index (κ3) is 3.58. The second-order valence-corrected chi connectivity index (χ2v) is 4.72. The smallest absolute Gasteiger partial charge is 0.115 e. The Morgan fingerprint density at radius 2 is 1.87 bits per heavy atom. The fourth-order valence-electron chi connectivity index (χ4n) is 1.71. The van der Waals surface area contributed by atoms with Gasteiger partial charge in [0.05, 0.1) is 2.74 Å². The van der Waals surface area contributed by atoms with E-state index in [1.807, 2.05) is 0 Å². The number of hydrogen-bond acceptors (Lipinski definition) is 1. The predicted molar refractivity (Wildman–Crippen MR) is 65.3 cm³/mol. The summed E-state index contributed by atoms with van der Waals surface area (Å²) in [6, 6.07) is 3.40. The highest BCUT2D eigenvalue weighted by Gasteiger charge is 2.19. The zero-order valence-corrected chi connectivity index (χ0v) is 9.93. The molecule has 0 radical (unpaired) electrons. The maximum atomic E-state index is 9.36. The number of benzene rings is 1. The fraction of sp³-hybridized carbons (Fsp3) is 0.571. The van der Waals surface area contributed by atoms with Crippen LogP contribution < -0.4 is 0 Å². The lowest BCUT2D eigenvalue weighted by molar-refractivity contribution is 0.447. The van der Waals surface area contributed by atoms with Crippen LogP contribution in [0.15, 0.2) is 24.2 Å². The van der Waals surface area contributed by atoms with Crippen LogP contribution in [-0.4, -0.2) is 5.11 Å². The average molecular weight is 208 g/mol. The Morgan fingerprint density at radius 1 is 1.27 bits per heavy atom. The molecule has 1 aromatic rings. The Labute approximate surface area is 96.0 Å². The van der Waals surface area contributed by atoms with Gasteiger partial charge in [0.2, 0.25) is 0 Å². The van der Waals surface area contributed by atoms with Crippen molar-refractivity contribution >= 4 is 0 Å². The summed E-state index contributed by atoms with van der Waals surface area (Å²) in [7, 11) is 0. The molecule has 0 atom stereocenters. The van der Waals surface area contributed by atoms with Gasteiger partial charge in [0.15, 0.2) is 0 Å². The van der Waals surface area contributed by atoms with E-state index in [0.29, 0.717) is 0 Å². The number of aromatic hydroxyl groups is 1. The lowest BCUT2D eigenvalue weighted by atomic mass is 9.80. The highest BCUT2D eigenvalue weighted by atomic mass is 16.3. The molecule has 0 aliphatic rings. The fourth-order valence-corrected chi connectivity index (χ4v) is 1.71. The highest BCUT2D eigenvalue weighted by Crippen LogP contribution is 2.30. The molecule has 0 heterocycles. The lowest BCUT2D eigenvalue weighted by Gasteiger charge is -2.25. The second kappa shape index (κ2) is 5.20. The van der Waals surface area contributed by atoms with Gasteiger partial charge in [0, 0.05) is 0 Å². The molecule has 0 spiro atoms. The normalized spacial score (nSPS) is 13.5. The first-order valence-corrected chi connectivity index (χ1v) is 5.69. The molecule has 1 heteroatoms. The monoisotopic (exact) mass is 208 g/mol. The molecule has 0 unspecified atom stereocenters. The van der Waals surface area contributed by atoms with E-state index in [9.17, 15) is 5.11 Å². The van der Waals surface area contributed by atoms with Gasteiger partial charge in [0.25, 0.3) is 0 Å². The summed E-state index contributed by atoms with van der Waals surface area (Å²) < 4.78 is 15.8. The quantitative estimate of drug-likeness (QED) is 0.717. The minimum atomic E-state index is -0.170. The van der Waals surface area contributed by atoms with Crippen LogP contribution in [0.2, 0.25) is 0 Å². The molecule has 0 aliphatic heterocycles. The summed E-state index contributed by atoms with van der Waals surface area (Å²) in [4.78, 5) is 0. The van der Waals surface area contributed by atoms with Crippen LogP contribution in [0.4, 0.5) is 0 Å². The average Bonchev–Trinajstić information content (AvgIpc) is 2.15. The van der Waals surface area contributed by atoms with Gasteiger partial charge >= 0.3 is 0 Å². The van der Waals surface area contributed by atoms with E-state index in [-0.39, 0.29) is 23.2 Å². The summed E-state index contributed by atoms with van der Waals surface area (Å²) in [5.41, 5.74) is 0.572. The van der Waals surface area contributed by atoms with Crippen molar-refractivity contribution < 1.29 is 7.85 Å². The number of hydrogen-bond donors (Lipinski definition) is 1. The van der Waals surface area contributed by atoms with Gasteiger partial charge in [-0.15, -0.1) is 0 Å². The largest absolute Gasteiger partial charge is 0.508 e. The van der Waals surface area contributed by atoms with E-state index in [0.717, 1.165) is 18.4 Å². The van der Waals surface area contributed by atoms with Crippen molar-refractivity contribution in [2.75, 3.05) is 0 Å². The Balaban J connectivity index is 2.97. The maximum Gasteiger partial charge on any atom is 0.115 e. The zero-order valence-electron chi connectivity index (χ0n) is 11.9. The Bertz CT molecular complexity index is 363. The topological polar surface area (TPSA) is 20.2 Å². The van der Waals surface area contributed by atoms with Gasteiger partial charge < -0.3 is 5.11 Å². The van der Waals surface area contributed by atoms with Crippen molar-refractivity contribution in [1.82, 2.24) is 0 Å². The lowest BCUT2D eigenvalue weighted by Crippen LogP contribution is -2.16. The molecule has 0 aliphatic carbocycles. The Hall–Kier alpha value is -0.980. The van der Waals surface area contributed by atoms with Gasteiger partial charge in [0.1, 0.15) is 5.75 Å². The number of rotatable bonds is 5. The van der Waals surface area contributed by atoms with Crippen LogP contribution in [-0.2, 0) is 5.41 Å². The molecule has 0 saturated carbocycles. The van der Waals surface area contributed by atoms with Crippen LogP contribution in [0.25, 0.3) is 0 Å². The summed E-state index contributed by atoms with van der Waals surface area (Å²) in [6.45, 7) is 6.32. The molecule has 0 fully saturated rings. The molecule has 0 aromatic heterocycles. The molecule has 1 aromatic carbocycles. The number of phenolic OH excluding ortho intramolecular Hbond substituents is 1. The van der Waals surface area contributed by atoms with Crippen LogP contribution in [0.5, 0.6) is 5.75 Å². The van der Waals surface area contributed by atoms with Crippen molar-refractivity contribution in [3.8, 4) is 5.75 Å². The molecule has 1 N–H and O–H groups in total. The first-order valence-electron chi connectivity index (χ1n) is 6.69. The van der Waals surface area contributed by atoms with Crippen LogP contribution in [0, 0.1) is 0 Å². The van der Waals surface area contributed by atoms with Gasteiger partial charge in [-0.05, 0) is 29.5 Å². The van der Waals surface area contributed by atoms with Gasteiger partial charge in [-0.3, -0.25) is 0 Å². The Kier molecular flexibility index (Phi) is 3.21. The van der Waals surface area contributed by atoms with Gasteiger partial charge in [-0.25, -0.2) is 0 Å². The molecular formula is C14H22O. The first-order chi connectivity index (χ1) is 7.88. The highest BCUT2D eigenvalue weighted by molar-refractivity contribution is 5.30. The summed E-state index contributed by atoms with van der Waals surface area (Å²) in [5.74, 6) is 0.00751. The minimum absolute atomic E-state index is 0.00751. The first kappa shape index (κ1) is 9.26. The third-order valence-electron chi connectivity index (χ3n) is 2.81. The van der Waals surface area contributed by atoms with Gasteiger partial charge in [-0.1, -0.05) is 52.1 Å². The van der Waals surface area contributed by atoms with Crippen molar-refractivity contribution in [3.63, 3.8) is 0 Å². The summed E-state index contributed by atoms with van der Waals surface area (Å²) in [6.07, 6.45) is 4.45. The van der Waals surface area contributed by atoms with Crippen molar-refractivity contribution in [2.45, 2.75) is 51.9 Å². The standard InChI is InChI=1S/C14H22O/c1-4-5-6-11-14(2,3)12-7-9-13(15)10-8-12/h7-10,15H,4-6,11H2,1-3H3/i7D,8D. The van der Waals surface area contributed by atoms with E-state index in [1.54, 1.807) is 0 Å². The molecular weight excluding hydrogens is 184 g/mol. The SMILES string of the molecule is [2H]c1cc(O)cc([2H])c1C(C)(C)CCCCC. The molecule has 1 rings (SSSR count). The number of unbranched alkanes of at least 4 members (excludes halogenated alkanes) is 2. The van der Waals surface area contributed by atoms with E-state index < -0.39 is 0 Å². The Morgan fingerprint density at radius 3 is 2.40 bits per heavy atom. The molecule has 0 bridgehead atoms. The van der Waals surface area contributed by atoms with Crippen LogP contribution >= 0.6 is 0 Å². The summed E-state index contributed by atoms with van der Waals surface area (Å²) >= 11 is 0. The van der Waals surface area contributed by atoms with Crippen molar-refractivity contribution in [3.05, 3.63) is 29.8 Å². The van der Waals surface area contributed by atoms with Crippen molar-refractivity contribution in [1.29, 1.82) is 0 Å². The third-order valence-corrected chi connectivity index (χ3v) is 2.81. The zero-order chi connectivity index (χ0) is 13.1. The van der Waals surface area contributed by atoms with E-state index in [4.69, 9.17) is 2.74 Å². The van der Waals surface area contributed by atoms with Crippen LogP contribution in [0.3, 0.4) is 0 Å². The van der Waals surface area contributed by atoms with E-state index >= 15 is 0 Å². The summed E-state index contributed by atoms with van der Waals surface area (Å²) in [5, 5.41) is 9.36. The van der Waals surface area contributed by atoms with Gasteiger partial charge in [-0.2, -0.15) is 0 Å². The molecule has 0 amide bonds. The number of phenols is 1.